The van der Waals surface area contributed by atoms with Gasteiger partial charge in [-0.25, -0.2) is 0 Å². The van der Waals surface area contributed by atoms with Crippen LogP contribution >= 0.6 is 11.8 Å². The van der Waals surface area contributed by atoms with Crippen LogP contribution in [-0.2, 0) is 4.79 Å². The number of carbonyl (C=O) groups excluding carboxylic acids is 1. The summed E-state index contributed by atoms with van der Waals surface area (Å²) in [5, 5.41) is 11.3. The van der Waals surface area contributed by atoms with E-state index in [2.05, 4.69) is 19.2 Å². The van der Waals surface area contributed by atoms with E-state index in [1.54, 1.807) is 0 Å². The first kappa shape index (κ1) is 13.6. The van der Waals surface area contributed by atoms with E-state index in [4.69, 9.17) is 5.26 Å². The van der Waals surface area contributed by atoms with Crippen LogP contribution in [0, 0.1) is 11.3 Å². The Hall–Kier alpha value is -1.47. The molecule has 1 rings (SSSR count). The van der Waals surface area contributed by atoms with Crippen LogP contribution in [0.3, 0.4) is 0 Å². The monoisotopic (exact) mass is 248 g/mol. The number of nitrogens with one attached hydrogen (secondary N) is 1. The molecule has 0 aliphatic heterocycles. The molecule has 1 N–H and O–H groups in total. The van der Waals surface area contributed by atoms with E-state index in [1.165, 1.54) is 11.8 Å². The van der Waals surface area contributed by atoms with Crippen LogP contribution in [-0.4, -0.2) is 17.4 Å². The minimum atomic E-state index is -0.0571. The molecule has 1 aromatic rings. The number of nitrogens with zero attached hydrogens (tertiary/aromatic N) is 1. The zero-order chi connectivity index (χ0) is 12.7. The number of thioether (sulfide) groups is 1. The van der Waals surface area contributed by atoms with Crippen molar-refractivity contribution in [3.05, 3.63) is 29.8 Å². The van der Waals surface area contributed by atoms with Crippen molar-refractivity contribution in [1.82, 2.24) is 0 Å². The molecule has 17 heavy (non-hydrogen) atoms. The third kappa shape index (κ3) is 4.49. The number of para-hydroxylation sites is 1. The van der Waals surface area contributed by atoms with E-state index < -0.39 is 0 Å². The molecule has 0 aliphatic rings. The summed E-state index contributed by atoms with van der Waals surface area (Å²) in [4.78, 5) is 11.6. The lowest BCUT2D eigenvalue weighted by Crippen LogP contribution is -2.15. The van der Waals surface area contributed by atoms with E-state index >= 15 is 0 Å². The van der Waals surface area contributed by atoms with Gasteiger partial charge in [0.15, 0.2) is 0 Å². The van der Waals surface area contributed by atoms with Crippen molar-refractivity contribution in [2.75, 3.05) is 16.8 Å². The van der Waals surface area contributed by atoms with Crippen LogP contribution in [0.5, 0.6) is 0 Å². The highest BCUT2D eigenvalue weighted by Crippen LogP contribution is 2.23. The SMILES string of the molecule is CC(C)c1ccccc1NC(=O)CSCC#N. The maximum Gasteiger partial charge on any atom is 0.234 e. The third-order valence-corrected chi connectivity index (χ3v) is 3.06. The Balaban J connectivity index is 2.62. The molecule has 0 heterocycles. The highest BCUT2D eigenvalue weighted by molar-refractivity contribution is 8.00. The lowest BCUT2D eigenvalue weighted by atomic mass is 10.0. The molecule has 90 valence electrons. The highest BCUT2D eigenvalue weighted by atomic mass is 32.2. The van der Waals surface area contributed by atoms with Crippen molar-refractivity contribution in [2.24, 2.45) is 0 Å². The predicted octanol–water partition coefficient (Wildman–Crippen LogP) is 3.01. The molecule has 0 atom stereocenters. The van der Waals surface area contributed by atoms with Crippen LogP contribution in [0.25, 0.3) is 0 Å². The van der Waals surface area contributed by atoms with Gasteiger partial charge in [-0.2, -0.15) is 5.26 Å². The summed E-state index contributed by atoms with van der Waals surface area (Å²) < 4.78 is 0. The summed E-state index contributed by atoms with van der Waals surface area (Å²) in [6.07, 6.45) is 0. The Kier molecular flexibility index (Phi) is 5.58. The minimum absolute atomic E-state index is 0.0571. The van der Waals surface area contributed by atoms with E-state index in [1.807, 2.05) is 30.3 Å². The number of anilines is 1. The number of rotatable bonds is 5. The summed E-state index contributed by atoms with van der Waals surface area (Å²) in [6, 6.07) is 9.80. The normalized spacial score (nSPS) is 10.0. The van der Waals surface area contributed by atoms with E-state index in [0.29, 0.717) is 17.4 Å². The third-order valence-electron chi connectivity index (χ3n) is 2.26. The molecule has 0 bridgehead atoms. The number of hydrogen-bond donors (Lipinski definition) is 1. The average molecular weight is 248 g/mol. The summed E-state index contributed by atoms with van der Waals surface area (Å²) in [6.45, 7) is 4.19. The molecule has 0 fully saturated rings. The number of amides is 1. The topological polar surface area (TPSA) is 52.9 Å². The molecule has 4 heteroatoms. The number of nitriles is 1. The molecule has 1 aromatic carbocycles. The van der Waals surface area contributed by atoms with E-state index in [0.717, 1.165) is 11.3 Å². The summed E-state index contributed by atoms with van der Waals surface area (Å²) >= 11 is 1.32. The van der Waals surface area contributed by atoms with Gasteiger partial charge < -0.3 is 5.32 Å². The average Bonchev–Trinajstić information content (AvgIpc) is 2.29. The number of benzene rings is 1. The van der Waals surface area contributed by atoms with Crippen molar-refractivity contribution in [2.45, 2.75) is 19.8 Å². The Morgan fingerprint density at radius 1 is 1.47 bits per heavy atom. The fourth-order valence-electron chi connectivity index (χ4n) is 1.49. The van der Waals surface area contributed by atoms with Crippen molar-refractivity contribution in [3.63, 3.8) is 0 Å². The Morgan fingerprint density at radius 2 is 2.18 bits per heavy atom. The van der Waals surface area contributed by atoms with Crippen molar-refractivity contribution in [1.29, 1.82) is 5.26 Å². The van der Waals surface area contributed by atoms with Gasteiger partial charge in [-0.05, 0) is 17.5 Å². The van der Waals surface area contributed by atoms with Crippen LogP contribution in [0.1, 0.15) is 25.3 Å². The molecule has 0 saturated heterocycles. The van der Waals surface area contributed by atoms with Crippen molar-refractivity contribution < 1.29 is 4.79 Å². The van der Waals surface area contributed by atoms with Gasteiger partial charge in [0.1, 0.15) is 0 Å². The van der Waals surface area contributed by atoms with Crippen LogP contribution in [0.4, 0.5) is 5.69 Å². The molecule has 1 amide bonds. The summed E-state index contributed by atoms with van der Waals surface area (Å²) in [5.74, 6) is 0.982. The van der Waals surface area contributed by atoms with Gasteiger partial charge in [-0.3, -0.25) is 4.79 Å². The predicted molar refractivity (Wildman–Crippen MR) is 72.1 cm³/mol. The molecule has 0 unspecified atom stereocenters. The lowest BCUT2D eigenvalue weighted by molar-refractivity contribution is -0.113. The van der Waals surface area contributed by atoms with Gasteiger partial charge in [-0.1, -0.05) is 32.0 Å². The molecular weight excluding hydrogens is 232 g/mol. The standard InChI is InChI=1S/C13H16N2OS/c1-10(2)11-5-3-4-6-12(11)15-13(16)9-17-8-7-14/h3-6,10H,8-9H2,1-2H3,(H,15,16). The molecular formula is C13H16N2OS. The fraction of sp³-hybridized carbons (Fsp3) is 0.385. The molecule has 3 nitrogen and oxygen atoms in total. The first-order chi connectivity index (χ1) is 8.15. The van der Waals surface area contributed by atoms with E-state index in [-0.39, 0.29) is 5.91 Å². The summed E-state index contributed by atoms with van der Waals surface area (Å²) in [7, 11) is 0. The summed E-state index contributed by atoms with van der Waals surface area (Å²) in [5.41, 5.74) is 2.00. The first-order valence-electron chi connectivity index (χ1n) is 5.48. The van der Waals surface area contributed by atoms with Gasteiger partial charge in [0.25, 0.3) is 0 Å². The van der Waals surface area contributed by atoms with Crippen molar-refractivity contribution >= 4 is 23.4 Å². The zero-order valence-corrected chi connectivity index (χ0v) is 10.9. The second-order valence-corrected chi connectivity index (χ2v) is 4.93. The maximum absolute atomic E-state index is 11.6. The fourth-order valence-corrected chi connectivity index (χ4v) is 1.94. The first-order valence-corrected chi connectivity index (χ1v) is 6.64. The lowest BCUT2D eigenvalue weighted by Gasteiger charge is -2.13. The zero-order valence-electron chi connectivity index (χ0n) is 10.1. The molecule has 0 spiro atoms. The van der Waals surface area contributed by atoms with Gasteiger partial charge in [0.05, 0.1) is 17.6 Å². The van der Waals surface area contributed by atoms with Gasteiger partial charge in [-0.15, -0.1) is 11.8 Å². The molecule has 0 aliphatic carbocycles. The van der Waals surface area contributed by atoms with Crippen LogP contribution in [0.2, 0.25) is 0 Å². The molecule has 0 radical (unpaired) electrons. The van der Waals surface area contributed by atoms with Crippen molar-refractivity contribution in [3.8, 4) is 6.07 Å². The van der Waals surface area contributed by atoms with Crippen LogP contribution in [0.15, 0.2) is 24.3 Å². The highest BCUT2D eigenvalue weighted by Gasteiger charge is 2.08. The number of carbonyl (C=O) groups is 1. The maximum atomic E-state index is 11.6. The minimum Gasteiger partial charge on any atom is -0.325 e. The van der Waals surface area contributed by atoms with Gasteiger partial charge >= 0.3 is 0 Å². The quantitative estimate of drug-likeness (QED) is 0.815. The van der Waals surface area contributed by atoms with E-state index in [9.17, 15) is 4.79 Å². The molecule has 0 saturated carbocycles. The second-order valence-electron chi connectivity index (χ2n) is 3.94. The van der Waals surface area contributed by atoms with Gasteiger partial charge in [0.2, 0.25) is 5.91 Å². The Morgan fingerprint density at radius 3 is 2.82 bits per heavy atom. The second kappa shape index (κ2) is 6.97. The Bertz CT molecular complexity index is 424. The Labute approximate surface area is 106 Å². The smallest absolute Gasteiger partial charge is 0.234 e. The molecule has 0 aromatic heterocycles. The van der Waals surface area contributed by atoms with Gasteiger partial charge in [0, 0.05) is 5.69 Å². The van der Waals surface area contributed by atoms with Crippen LogP contribution < -0.4 is 5.32 Å². The largest absolute Gasteiger partial charge is 0.325 e. The number of hydrogen-bond acceptors (Lipinski definition) is 3.